The molecule has 4 aromatic rings. The van der Waals surface area contributed by atoms with E-state index in [2.05, 4.69) is 20.5 Å². The molecule has 0 bridgehead atoms. The summed E-state index contributed by atoms with van der Waals surface area (Å²) in [6.45, 7) is -0.492. The van der Waals surface area contributed by atoms with E-state index in [1.54, 1.807) is 18.5 Å². The van der Waals surface area contributed by atoms with Gasteiger partial charge in [0, 0.05) is 43.1 Å². The molecule has 0 spiro atoms. The van der Waals surface area contributed by atoms with E-state index in [-0.39, 0.29) is 17.7 Å². The van der Waals surface area contributed by atoms with Crippen LogP contribution in [0.25, 0.3) is 22.6 Å². The van der Waals surface area contributed by atoms with Crippen LogP contribution >= 0.6 is 0 Å². The first-order chi connectivity index (χ1) is 17.4. The number of nitrogens with zero attached hydrogens (tertiary/aromatic N) is 4. The van der Waals surface area contributed by atoms with Gasteiger partial charge in [-0.15, -0.1) is 5.10 Å². The average molecular weight is 505 g/mol. The first kappa shape index (κ1) is 24.2. The van der Waals surface area contributed by atoms with Gasteiger partial charge in [-0.25, -0.2) is 17.9 Å². The molecule has 0 unspecified atom stereocenters. The Bertz CT molecular complexity index is 1300. The predicted molar refractivity (Wildman–Crippen MR) is 117 cm³/mol. The molecule has 0 radical (unpaired) electrons. The van der Waals surface area contributed by atoms with E-state index in [1.807, 2.05) is 6.07 Å². The summed E-state index contributed by atoms with van der Waals surface area (Å²) < 4.78 is 59.1. The molecule has 1 aromatic carbocycles. The van der Waals surface area contributed by atoms with Crippen molar-refractivity contribution in [3.8, 4) is 22.6 Å². The van der Waals surface area contributed by atoms with Crippen molar-refractivity contribution >= 4 is 0 Å². The standard InChI is InChI=1S/C23H22F3N5O5/c1-34-23-18(7-13-6-17(36-29-13)11-2-3-27-8-11)35-19(10-32)22(33)21(23)31-9-16(28-30-31)12-4-14(24)20(26)15(25)5-12/h2-6,8-9,18-19,21-23,27,32-33H,7,10H2,1H3/t18-,19-,21+,22+,23+/m1/s1. The summed E-state index contributed by atoms with van der Waals surface area (Å²) in [6.07, 6.45) is 1.36. The van der Waals surface area contributed by atoms with Gasteiger partial charge in [-0.05, 0) is 18.2 Å². The van der Waals surface area contributed by atoms with Gasteiger partial charge < -0.3 is 29.2 Å². The number of aromatic nitrogens is 5. The van der Waals surface area contributed by atoms with Crippen molar-refractivity contribution in [3.05, 3.63) is 66.0 Å². The van der Waals surface area contributed by atoms with Crippen LogP contribution in [0.2, 0.25) is 0 Å². The highest BCUT2D eigenvalue weighted by molar-refractivity contribution is 5.58. The van der Waals surface area contributed by atoms with Gasteiger partial charge in [0.25, 0.3) is 0 Å². The number of aliphatic hydroxyl groups is 2. The molecule has 5 atom stereocenters. The van der Waals surface area contributed by atoms with E-state index < -0.39 is 54.5 Å². The van der Waals surface area contributed by atoms with Gasteiger partial charge in [0.1, 0.15) is 30.0 Å². The minimum atomic E-state index is -1.59. The van der Waals surface area contributed by atoms with E-state index in [0.717, 1.165) is 17.7 Å². The topological polar surface area (TPSA) is 131 Å². The Morgan fingerprint density at radius 2 is 1.92 bits per heavy atom. The predicted octanol–water partition coefficient (Wildman–Crippen LogP) is 2.26. The maximum Gasteiger partial charge on any atom is 0.194 e. The van der Waals surface area contributed by atoms with Gasteiger partial charge in [0.2, 0.25) is 0 Å². The molecule has 1 fully saturated rings. The summed E-state index contributed by atoms with van der Waals surface area (Å²) in [7, 11) is 1.43. The zero-order valence-corrected chi connectivity index (χ0v) is 18.9. The summed E-state index contributed by atoms with van der Waals surface area (Å²) in [5.74, 6) is -3.78. The summed E-state index contributed by atoms with van der Waals surface area (Å²) >= 11 is 0. The Labute approximate surface area is 202 Å². The van der Waals surface area contributed by atoms with Gasteiger partial charge in [0.05, 0.1) is 24.6 Å². The lowest BCUT2D eigenvalue weighted by molar-refractivity contribution is -0.212. The first-order valence-electron chi connectivity index (χ1n) is 11.0. The number of H-pyrrole nitrogens is 1. The molecule has 1 saturated heterocycles. The van der Waals surface area contributed by atoms with Crippen LogP contribution in [0.3, 0.4) is 0 Å². The van der Waals surface area contributed by atoms with Gasteiger partial charge in [0.15, 0.2) is 23.2 Å². The van der Waals surface area contributed by atoms with Crippen molar-refractivity contribution in [2.45, 2.75) is 36.9 Å². The second kappa shape index (κ2) is 9.85. The number of nitrogens with one attached hydrogen (secondary N) is 1. The quantitative estimate of drug-likeness (QED) is 0.326. The van der Waals surface area contributed by atoms with Gasteiger partial charge in [-0.1, -0.05) is 10.4 Å². The van der Waals surface area contributed by atoms with Crippen molar-refractivity contribution in [2.24, 2.45) is 0 Å². The number of halogens is 3. The zero-order valence-electron chi connectivity index (χ0n) is 18.9. The number of benzene rings is 1. The fourth-order valence-electron chi connectivity index (χ4n) is 4.42. The highest BCUT2D eigenvalue weighted by atomic mass is 19.2. The second-order valence-electron chi connectivity index (χ2n) is 8.40. The highest BCUT2D eigenvalue weighted by Gasteiger charge is 2.47. The third-order valence-corrected chi connectivity index (χ3v) is 6.18. The largest absolute Gasteiger partial charge is 0.394 e. The van der Waals surface area contributed by atoms with Crippen molar-refractivity contribution in [2.75, 3.05) is 13.7 Å². The van der Waals surface area contributed by atoms with Crippen LogP contribution in [0.5, 0.6) is 0 Å². The summed E-state index contributed by atoms with van der Waals surface area (Å²) in [5.41, 5.74) is 1.38. The molecule has 4 heterocycles. The van der Waals surface area contributed by atoms with E-state index in [9.17, 15) is 23.4 Å². The molecule has 3 aromatic heterocycles. The Kier molecular flexibility index (Phi) is 6.62. The molecular formula is C23H22F3N5O5. The summed E-state index contributed by atoms with van der Waals surface area (Å²) in [5, 5.41) is 32.8. The molecule has 0 aliphatic carbocycles. The summed E-state index contributed by atoms with van der Waals surface area (Å²) in [6, 6.07) is 4.28. The number of ether oxygens (including phenoxy) is 2. The van der Waals surface area contributed by atoms with Crippen molar-refractivity contribution < 1.29 is 37.4 Å². The number of methoxy groups -OCH3 is 1. The molecule has 13 heteroatoms. The minimum Gasteiger partial charge on any atom is -0.394 e. The lowest BCUT2D eigenvalue weighted by Gasteiger charge is -2.43. The maximum absolute atomic E-state index is 13.7. The van der Waals surface area contributed by atoms with Crippen LogP contribution in [-0.4, -0.2) is 73.5 Å². The Morgan fingerprint density at radius 1 is 1.14 bits per heavy atom. The van der Waals surface area contributed by atoms with Crippen LogP contribution in [0, 0.1) is 17.5 Å². The third-order valence-electron chi connectivity index (χ3n) is 6.18. The maximum atomic E-state index is 13.7. The van der Waals surface area contributed by atoms with Gasteiger partial charge >= 0.3 is 0 Å². The normalized spacial score (nSPS) is 24.3. The summed E-state index contributed by atoms with van der Waals surface area (Å²) in [4.78, 5) is 2.94. The molecule has 36 heavy (non-hydrogen) atoms. The van der Waals surface area contributed by atoms with Gasteiger partial charge in [-0.2, -0.15) is 0 Å². The SMILES string of the molecule is CO[C@@H]1[C@@H](n2cc(-c3cc(F)c(F)c(F)c3)nn2)[C@@H](O)[C@@H](CO)O[C@@H]1Cc1cc(-c2cc[nH]c2)on1. The molecular weight excluding hydrogens is 483 g/mol. The van der Waals surface area contributed by atoms with Crippen molar-refractivity contribution in [1.29, 1.82) is 0 Å². The van der Waals surface area contributed by atoms with Gasteiger partial charge in [-0.3, -0.25) is 0 Å². The fraction of sp³-hybridized carbons (Fsp3) is 0.348. The van der Waals surface area contributed by atoms with E-state index in [0.29, 0.717) is 11.5 Å². The molecule has 190 valence electrons. The Morgan fingerprint density at radius 3 is 2.58 bits per heavy atom. The van der Waals surface area contributed by atoms with Crippen molar-refractivity contribution in [1.82, 2.24) is 25.1 Å². The van der Waals surface area contributed by atoms with Crippen LogP contribution in [0.4, 0.5) is 13.2 Å². The van der Waals surface area contributed by atoms with Crippen molar-refractivity contribution in [3.63, 3.8) is 0 Å². The Hall–Kier alpha value is -3.52. The molecule has 3 N–H and O–H groups in total. The van der Waals surface area contributed by atoms with E-state index in [4.69, 9.17) is 14.0 Å². The second-order valence-corrected chi connectivity index (χ2v) is 8.40. The lowest BCUT2D eigenvalue weighted by atomic mass is 9.90. The van der Waals surface area contributed by atoms with Crippen LogP contribution < -0.4 is 0 Å². The monoisotopic (exact) mass is 505 g/mol. The fourth-order valence-corrected chi connectivity index (χ4v) is 4.42. The highest BCUT2D eigenvalue weighted by Crippen LogP contribution is 2.34. The molecule has 0 saturated carbocycles. The molecule has 5 rings (SSSR count). The number of rotatable bonds is 7. The minimum absolute atomic E-state index is 0.0386. The Balaban J connectivity index is 1.43. The van der Waals surface area contributed by atoms with Crippen LogP contribution in [0.1, 0.15) is 11.7 Å². The van der Waals surface area contributed by atoms with Crippen LogP contribution in [-0.2, 0) is 15.9 Å². The lowest BCUT2D eigenvalue weighted by Crippen LogP contribution is -2.57. The average Bonchev–Trinajstić information content (AvgIpc) is 3.64. The smallest absolute Gasteiger partial charge is 0.194 e. The molecule has 10 nitrogen and oxygen atoms in total. The van der Waals surface area contributed by atoms with Crippen LogP contribution in [0.15, 0.2) is 47.4 Å². The molecule has 0 amide bonds. The van der Waals surface area contributed by atoms with E-state index >= 15 is 0 Å². The first-order valence-corrected chi connectivity index (χ1v) is 11.0. The third kappa shape index (κ3) is 4.41. The molecule has 1 aliphatic rings. The number of hydrogen-bond donors (Lipinski definition) is 3. The zero-order chi connectivity index (χ0) is 25.4. The van der Waals surface area contributed by atoms with E-state index in [1.165, 1.54) is 18.0 Å². The number of aromatic amines is 1. The number of aliphatic hydroxyl groups excluding tert-OH is 2. The molecule has 1 aliphatic heterocycles. The number of hydrogen-bond acceptors (Lipinski definition) is 8.